The van der Waals surface area contributed by atoms with Crippen molar-refractivity contribution in [1.29, 1.82) is 0 Å². The number of carboxylic acids is 1. The molecule has 0 aliphatic heterocycles. The van der Waals surface area contributed by atoms with E-state index in [4.69, 9.17) is 5.11 Å². The Kier molecular flexibility index (Phi) is 5.97. The maximum Gasteiger partial charge on any atom is 0.328 e. The maximum absolute atomic E-state index is 11.8. The number of carbonyl (C=O) groups is 2. The summed E-state index contributed by atoms with van der Waals surface area (Å²) in [7, 11) is 0. The molecule has 0 aliphatic rings. The topological polar surface area (TPSA) is 98.7 Å². The Morgan fingerprint density at radius 2 is 1.75 bits per heavy atom. The summed E-state index contributed by atoms with van der Waals surface area (Å²) in [5.41, 5.74) is 1.46. The lowest BCUT2D eigenvalue weighted by Crippen LogP contribution is -2.49. The van der Waals surface area contributed by atoms with Crippen LogP contribution in [0, 0.1) is 6.92 Å². The van der Waals surface area contributed by atoms with Gasteiger partial charge in [-0.25, -0.2) is 9.59 Å². The molecule has 1 aromatic rings. The lowest BCUT2D eigenvalue weighted by Gasteiger charge is -2.18. The van der Waals surface area contributed by atoms with Crippen molar-refractivity contribution in [1.82, 2.24) is 5.32 Å². The quantitative estimate of drug-likeness (QED) is 0.613. The number of anilines is 1. The van der Waals surface area contributed by atoms with Gasteiger partial charge in [0.2, 0.25) is 0 Å². The second kappa shape index (κ2) is 7.05. The van der Waals surface area contributed by atoms with E-state index in [0.717, 1.165) is 5.56 Å². The zero-order valence-corrected chi connectivity index (χ0v) is 13.9. The summed E-state index contributed by atoms with van der Waals surface area (Å²) in [6, 6.07) is 1.52. The molecule has 2 unspecified atom stereocenters. The van der Waals surface area contributed by atoms with E-state index in [1.54, 1.807) is 0 Å². The highest BCUT2D eigenvalue weighted by atomic mass is 79.9. The molecule has 20 heavy (non-hydrogen) atoms. The monoisotopic (exact) mass is 408 g/mol. The minimum atomic E-state index is -1.38. The molecule has 8 heteroatoms. The van der Waals surface area contributed by atoms with Crippen LogP contribution < -0.4 is 10.6 Å². The second-order valence-electron chi connectivity index (χ2n) is 4.26. The summed E-state index contributed by atoms with van der Waals surface area (Å²) in [5, 5.41) is 22.9. The number of hydrogen-bond acceptors (Lipinski definition) is 3. The summed E-state index contributed by atoms with van der Waals surface area (Å²) < 4.78 is 1.31. The SMILES string of the molecule is Cc1cc(Br)c(NC(=O)NC(C(=O)O)C(C)O)c(Br)c1. The average molecular weight is 410 g/mol. The minimum absolute atomic E-state index is 0.475. The fourth-order valence-corrected chi connectivity index (χ4v) is 3.11. The third-order valence-corrected chi connectivity index (χ3v) is 3.71. The van der Waals surface area contributed by atoms with Gasteiger partial charge in [-0.05, 0) is 63.4 Å². The Morgan fingerprint density at radius 1 is 1.25 bits per heavy atom. The molecule has 0 fully saturated rings. The Labute approximate surface area is 132 Å². The van der Waals surface area contributed by atoms with Crippen LogP contribution in [-0.4, -0.2) is 34.4 Å². The van der Waals surface area contributed by atoms with Crippen molar-refractivity contribution >= 4 is 49.5 Å². The van der Waals surface area contributed by atoms with Crippen LogP contribution in [0.5, 0.6) is 0 Å². The van der Waals surface area contributed by atoms with Crippen molar-refractivity contribution in [3.63, 3.8) is 0 Å². The molecule has 0 heterocycles. The molecular formula is C12H14Br2N2O4. The predicted octanol–water partition coefficient (Wildman–Crippen LogP) is 2.48. The molecule has 0 saturated heterocycles. The molecule has 0 spiro atoms. The van der Waals surface area contributed by atoms with Gasteiger partial charge >= 0.3 is 12.0 Å². The van der Waals surface area contributed by atoms with E-state index in [0.29, 0.717) is 14.6 Å². The van der Waals surface area contributed by atoms with Gasteiger partial charge in [-0.3, -0.25) is 0 Å². The molecule has 4 N–H and O–H groups in total. The summed E-state index contributed by atoms with van der Waals surface area (Å²) in [4.78, 5) is 22.7. The highest BCUT2D eigenvalue weighted by Crippen LogP contribution is 2.32. The van der Waals surface area contributed by atoms with E-state index in [1.165, 1.54) is 6.92 Å². The van der Waals surface area contributed by atoms with Gasteiger partial charge in [-0.2, -0.15) is 0 Å². The number of amides is 2. The van der Waals surface area contributed by atoms with Gasteiger partial charge in [0.05, 0.1) is 11.8 Å². The Hall–Kier alpha value is -1.12. The maximum atomic E-state index is 11.8. The molecule has 6 nitrogen and oxygen atoms in total. The molecule has 1 rings (SSSR count). The highest BCUT2D eigenvalue weighted by molar-refractivity contribution is 9.11. The molecule has 0 aromatic heterocycles. The normalized spacial score (nSPS) is 13.4. The number of carboxylic acid groups (broad SMARTS) is 1. The zero-order valence-electron chi connectivity index (χ0n) is 10.8. The summed E-state index contributed by atoms with van der Waals surface area (Å²) >= 11 is 6.62. The standard InChI is InChI=1S/C12H14Br2N2O4/c1-5-3-7(13)10(8(14)4-5)16-12(20)15-9(6(2)17)11(18)19/h3-4,6,9,17H,1-2H3,(H,18,19)(H2,15,16,20). The minimum Gasteiger partial charge on any atom is -0.480 e. The van der Waals surface area contributed by atoms with E-state index in [1.807, 2.05) is 19.1 Å². The van der Waals surface area contributed by atoms with Crippen LogP contribution in [-0.2, 0) is 4.79 Å². The van der Waals surface area contributed by atoms with Crippen molar-refractivity contribution in [3.8, 4) is 0 Å². The van der Waals surface area contributed by atoms with E-state index >= 15 is 0 Å². The number of aryl methyl sites for hydroxylation is 1. The van der Waals surface area contributed by atoms with Crippen molar-refractivity contribution in [2.45, 2.75) is 26.0 Å². The lowest BCUT2D eigenvalue weighted by molar-refractivity contribution is -0.141. The number of aliphatic hydroxyl groups is 1. The van der Waals surface area contributed by atoms with Crippen molar-refractivity contribution in [3.05, 3.63) is 26.6 Å². The number of urea groups is 1. The van der Waals surface area contributed by atoms with Crippen molar-refractivity contribution < 1.29 is 19.8 Å². The van der Waals surface area contributed by atoms with Gasteiger partial charge in [-0.1, -0.05) is 0 Å². The van der Waals surface area contributed by atoms with Gasteiger partial charge in [0.1, 0.15) is 0 Å². The smallest absolute Gasteiger partial charge is 0.328 e. The molecule has 1 aromatic carbocycles. The van der Waals surface area contributed by atoms with Gasteiger partial charge < -0.3 is 20.8 Å². The van der Waals surface area contributed by atoms with Crippen LogP contribution in [0.15, 0.2) is 21.1 Å². The first-order valence-electron chi connectivity index (χ1n) is 5.66. The van der Waals surface area contributed by atoms with Crippen molar-refractivity contribution in [2.24, 2.45) is 0 Å². The fourth-order valence-electron chi connectivity index (χ4n) is 1.50. The fraction of sp³-hybridized carbons (Fsp3) is 0.333. The van der Waals surface area contributed by atoms with Gasteiger partial charge in [0, 0.05) is 8.95 Å². The number of nitrogens with one attached hydrogen (secondary N) is 2. The molecule has 0 aliphatic carbocycles. The Morgan fingerprint density at radius 3 is 2.15 bits per heavy atom. The zero-order chi connectivity index (χ0) is 15.4. The number of carbonyl (C=O) groups excluding carboxylic acids is 1. The number of halogens is 2. The first-order valence-corrected chi connectivity index (χ1v) is 7.25. The first kappa shape index (κ1) is 16.9. The van der Waals surface area contributed by atoms with E-state index < -0.39 is 24.1 Å². The lowest BCUT2D eigenvalue weighted by atomic mass is 10.2. The third kappa shape index (κ3) is 4.46. The second-order valence-corrected chi connectivity index (χ2v) is 5.97. The summed E-state index contributed by atoms with van der Waals surface area (Å²) in [6.45, 7) is 3.18. The third-order valence-electron chi connectivity index (χ3n) is 2.46. The molecule has 2 atom stereocenters. The van der Waals surface area contributed by atoms with Crippen LogP contribution in [0.2, 0.25) is 0 Å². The Balaban J connectivity index is 2.84. The van der Waals surface area contributed by atoms with Crippen LogP contribution in [0.1, 0.15) is 12.5 Å². The van der Waals surface area contributed by atoms with E-state index in [-0.39, 0.29) is 0 Å². The van der Waals surface area contributed by atoms with Crippen LogP contribution in [0.25, 0.3) is 0 Å². The highest BCUT2D eigenvalue weighted by Gasteiger charge is 2.25. The van der Waals surface area contributed by atoms with E-state index in [9.17, 15) is 14.7 Å². The number of aliphatic carboxylic acids is 1. The van der Waals surface area contributed by atoms with Gasteiger partial charge in [-0.15, -0.1) is 0 Å². The largest absolute Gasteiger partial charge is 0.480 e. The number of benzene rings is 1. The molecule has 110 valence electrons. The van der Waals surface area contributed by atoms with E-state index in [2.05, 4.69) is 42.5 Å². The molecule has 2 amide bonds. The van der Waals surface area contributed by atoms with Gasteiger partial charge in [0.25, 0.3) is 0 Å². The number of rotatable bonds is 4. The van der Waals surface area contributed by atoms with Gasteiger partial charge in [0.15, 0.2) is 6.04 Å². The number of hydrogen-bond donors (Lipinski definition) is 4. The number of aliphatic hydroxyl groups excluding tert-OH is 1. The van der Waals surface area contributed by atoms with Crippen LogP contribution in [0.3, 0.4) is 0 Å². The average Bonchev–Trinajstić information content (AvgIpc) is 2.29. The van der Waals surface area contributed by atoms with Crippen LogP contribution >= 0.6 is 31.9 Å². The Bertz CT molecular complexity index is 511. The molecular weight excluding hydrogens is 396 g/mol. The summed E-state index contributed by atoms with van der Waals surface area (Å²) in [5.74, 6) is -1.31. The van der Waals surface area contributed by atoms with Crippen LogP contribution in [0.4, 0.5) is 10.5 Å². The summed E-state index contributed by atoms with van der Waals surface area (Å²) in [6.07, 6.45) is -1.21. The first-order chi connectivity index (χ1) is 9.22. The molecule has 0 bridgehead atoms. The van der Waals surface area contributed by atoms with Crippen molar-refractivity contribution in [2.75, 3.05) is 5.32 Å². The molecule has 0 saturated carbocycles. The molecule has 0 radical (unpaired) electrons. The predicted molar refractivity (Wildman–Crippen MR) is 81.8 cm³/mol.